The molecule has 3 nitrogen and oxygen atoms in total. The fourth-order valence-electron chi connectivity index (χ4n) is 2.19. The van der Waals surface area contributed by atoms with Crippen molar-refractivity contribution in [1.29, 1.82) is 0 Å². The van der Waals surface area contributed by atoms with E-state index in [1.807, 2.05) is 32.7 Å². The van der Waals surface area contributed by atoms with Crippen LogP contribution in [0.1, 0.15) is 50.8 Å². The molecule has 0 saturated heterocycles. The van der Waals surface area contributed by atoms with Crippen molar-refractivity contribution in [3.05, 3.63) is 35.4 Å². The summed E-state index contributed by atoms with van der Waals surface area (Å²) in [6.45, 7) is 6.11. The first-order chi connectivity index (χ1) is 10.6. The quantitative estimate of drug-likeness (QED) is 0.819. The zero-order valence-corrected chi connectivity index (χ0v) is 14.1. The van der Waals surface area contributed by atoms with Crippen molar-refractivity contribution in [2.24, 2.45) is 0 Å². The molecule has 0 bridgehead atoms. The molecular formula is C17H25F3N2O. The van der Waals surface area contributed by atoms with Crippen LogP contribution in [0.3, 0.4) is 0 Å². The Labute approximate surface area is 135 Å². The van der Waals surface area contributed by atoms with Crippen molar-refractivity contribution in [3.8, 4) is 0 Å². The van der Waals surface area contributed by atoms with Crippen LogP contribution in [-0.4, -0.2) is 30.4 Å². The number of halogens is 3. The number of rotatable bonds is 7. The van der Waals surface area contributed by atoms with Gasteiger partial charge in [0.15, 0.2) is 0 Å². The SMILES string of the molecule is CCC[C@H](NC(=O)CN(C)C(C)C)c1cccc(C(F)(F)F)c1. The third kappa shape index (κ3) is 6.22. The second-order valence-corrected chi connectivity index (χ2v) is 6.04. The molecule has 0 unspecified atom stereocenters. The van der Waals surface area contributed by atoms with Crippen LogP contribution in [0.5, 0.6) is 0 Å². The van der Waals surface area contributed by atoms with Crippen LogP contribution < -0.4 is 5.32 Å². The molecule has 0 heterocycles. The van der Waals surface area contributed by atoms with Crippen molar-refractivity contribution < 1.29 is 18.0 Å². The highest BCUT2D eigenvalue weighted by Crippen LogP contribution is 2.31. The summed E-state index contributed by atoms with van der Waals surface area (Å²) >= 11 is 0. The van der Waals surface area contributed by atoms with Gasteiger partial charge in [-0.1, -0.05) is 25.5 Å². The van der Waals surface area contributed by atoms with E-state index >= 15 is 0 Å². The number of amides is 1. The van der Waals surface area contributed by atoms with Gasteiger partial charge in [0.1, 0.15) is 0 Å². The standard InChI is InChI=1S/C17H25F3N2O/c1-5-7-15(21-16(23)11-22(4)12(2)3)13-8-6-9-14(10-13)17(18,19)20/h6,8-10,12,15H,5,7,11H2,1-4H3,(H,21,23)/t15-/m0/s1. The Morgan fingerprint density at radius 2 is 1.96 bits per heavy atom. The summed E-state index contributed by atoms with van der Waals surface area (Å²) in [7, 11) is 1.84. The van der Waals surface area contributed by atoms with Gasteiger partial charge in [-0.2, -0.15) is 13.2 Å². The van der Waals surface area contributed by atoms with E-state index in [0.29, 0.717) is 12.0 Å². The molecule has 1 rings (SSSR count). The van der Waals surface area contributed by atoms with Crippen LogP contribution in [0, 0.1) is 0 Å². The summed E-state index contributed by atoms with van der Waals surface area (Å²) in [5, 5.41) is 2.85. The van der Waals surface area contributed by atoms with Crippen molar-refractivity contribution in [2.75, 3.05) is 13.6 Å². The minimum atomic E-state index is -4.38. The molecule has 1 aromatic rings. The molecule has 0 aliphatic heterocycles. The molecule has 1 amide bonds. The van der Waals surface area contributed by atoms with Gasteiger partial charge in [0.2, 0.25) is 5.91 Å². The van der Waals surface area contributed by atoms with Crippen LogP contribution in [0.15, 0.2) is 24.3 Å². The lowest BCUT2D eigenvalue weighted by molar-refractivity contribution is -0.137. The van der Waals surface area contributed by atoms with Crippen LogP contribution in [-0.2, 0) is 11.0 Å². The zero-order chi connectivity index (χ0) is 17.6. The van der Waals surface area contributed by atoms with Gasteiger partial charge in [0.25, 0.3) is 0 Å². The minimum absolute atomic E-state index is 0.183. The molecule has 0 saturated carbocycles. The number of hydrogen-bond donors (Lipinski definition) is 1. The second-order valence-electron chi connectivity index (χ2n) is 6.04. The molecule has 0 fully saturated rings. The van der Waals surface area contributed by atoms with Crippen LogP contribution >= 0.6 is 0 Å². The normalized spacial score (nSPS) is 13.4. The first-order valence-electron chi connectivity index (χ1n) is 7.82. The molecule has 130 valence electrons. The van der Waals surface area contributed by atoms with E-state index in [0.717, 1.165) is 18.6 Å². The molecule has 23 heavy (non-hydrogen) atoms. The highest BCUT2D eigenvalue weighted by Gasteiger charge is 2.31. The topological polar surface area (TPSA) is 32.3 Å². The largest absolute Gasteiger partial charge is 0.416 e. The third-order valence-electron chi connectivity index (χ3n) is 3.80. The molecule has 0 aliphatic carbocycles. The molecule has 6 heteroatoms. The van der Waals surface area contributed by atoms with Gasteiger partial charge in [0, 0.05) is 6.04 Å². The van der Waals surface area contributed by atoms with Gasteiger partial charge in [-0.3, -0.25) is 9.69 Å². The van der Waals surface area contributed by atoms with E-state index < -0.39 is 17.8 Å². The van der Waals surface area contributed by atoms with E-state index in [4.69, 9.17) is 0 Å². The zero-order valence-electron chi connectivity index (χ0n) is 14.1. The highest BCUT2D eigenvalue weighted by molar-refractivity contribution is 5.78. The number of carbonyl (C=O) groups excluding carboxylic acids is 1. The fraction of sp³-hybridized carbons (Fsp3) is 0.588. The van der Waals surface area contributed by atoms with Gasteiger partial charge in [-0.15, -0.1) is 0 Å². The van der Waals surface area contributed by atoms with Crippen LogP contribution in [0.4, 0.5) is 13.2 Å². The number of nitrogens with zero attached hydrogens (tertiary/aromatic N) is 1. The Kier molecular flexibility index (Phi) is 7.06. The Balaban J connectivity index is 2.88. The van der Waals surface area contributed by atoms with Crippen molar-refractivity contribution in [2.45, 2.75) is 51.9 Å². The fourth-order valence-corrected chi connectivity index (χ4v) is 2.19. The number of carbonyl (C=O) groups is 1. The van der Waals surface area contributed by atoms with Gasteiger partial charge < -0.3 is 5.32 Å². The molecule has 0 aliphatic rings. The Morgan fingerprint density at radius 3 is 2.48 bits per heavy atom. The van der Waals surface area contributed by atoms with Crippen LogP contribution in [0.25, 0.3) is 0 Å². The Morgan fingerprint density at radius 1 is 1.30 bits per heavy atom. The van der Waals surface area contributed by atoms with Crippen LogP contribution in [0.2, 0.25) is 0 Å². The van der Waals surface area contributed by atoms with E-state index in [9.17, 15) is 18.0 Å². The number of benzene rings is 1. The first kappa shape index (κ1) is 19.5. The summed E-state index contributed by atoms with van der Waals surface area (Å²) in [5.41, 5.74) is -0.202. The predicted molar refractivity (Wildman–Crippen MR) is 85.0 cm³/mol. The molecule has 1 aromatic carbocycles. The smallest absolute Gasteiger partial charge is 0.348 e. The van der Waals surface area contributed by atoms with E-state index in [1.54, 1.807) is 6.07 Å². The highest BCUT2D eigenvalue weighted by atomic mass is 19.4. The Hall–Kier alpha value is -1.56. The molecule has 1 atom stereocenters. The average molecular weight is 330 g/mol. The minimum Gasteiger partial charge on any atom is -0.348 e. The summed E-state index contributed by atoms with van der Waals surface area (Å²) in [6.07, 6.45) is -3.02. The van der Waals surface area contributed by atoms with Gasteiger partial charge in [-0.05, 0) is 45.0 Å². The number of alkyl halides is 3. The van der Waals surface area contributed by atoms with E-state index in [1.165, 1.54) is 6.07 Å². The van der Waals surface area contributed by atoms with Crippen molar-refractivity contribution in [3.63, 3.8) is 0 Å². The second kappa shape index (κ2) is 8.34. The molecular weight excluding hydrogens is 305 g/mol. The maximum absolute atomic E-state index is 12.8. The number of nitrogens with one attached hydrogen (secondary N) is 1. The summed E-state index contributed by atoms with van der Waals surface area (Å²) in [6, 6.07) is 4.98. The average Bonchev–Trinajstić information content (AvgIpc) is 2.45. The number of hydrogen-bond acceptors (Lipinski definition) is 2. The lowest BCUT2D eigenvalue weighted by Crippen LogP contribution is -2.39. The Bertz CT molecular complexity index is 515. The van der Waals surface area contributed by atoms with Crippen molar-refractivity contribution >= 4 is 5.91 Å². The lowest BCUT2D eigenvalue weighted by Gasteiger charge is -2.24. The third-order valence-corrected chi connectivity index (χ3v) is 3.80. The molecule has 1 N–H and O–H groups in total. The monoisotopic (exact) mass is 330 g/mol. The van der Waals surface area contributed by atoms with Gasteiger partial charge in [0.05, 0.1) is 18.2 Å². The molecule has 0 aromatic heterocycles. The first-order valence-corrected chi connectivity index (χ1v) is 7.82. The van der Waals surface area contributed by atoms with Crippen molar-refractivity contribution in [1.82, 2.24) is 10.2 Å². The van der Waals surface area contributed by atoms with Gasteiger partial charge >= 0.3 is 6.18 Å². The van der Waals surface area contributed by atoms with E-state index in [2.05, 4.69) is 5.32 Å². The number of likely N-dealkylation sites (N-methyl/N-ethyl adjacent to an activating group) is 1. The van der Waals surface area contributed by atoms with E-state index in [-0.39, 0.29) is 18.5 Å². The maximum Gasteiger partial charge on any atom is 0.416 e. The summed E-state index contributed by atoms with van der Waals surface area (Å²) in [4.78, 5) is 14.0. The summed E-state index contributed by atoms with van der Waals surface area (Å²) in [5.74, 6) is -0.183. The predicted octanol–water partition coefficient (Wildman–Crippen LogP) is 4.00. The van der Waals surface area contributed by atoms with Gasteiger partial charge in [-0.25, -0.2) is 0 Å². The lowest BCUT2D eigenvalue weighted by atomic mass is 10.00. The molecule has 0 radical (unpaired) electrons. The summed E-state index contributed by atoms with van der Waals surface area (Å²) < 4.78 is 38.5. The maximum atomic E-state index is 12.8. The molecule has 0 spiro atoms.